The summed E-state index contributed by atoms with van der Waals surface area (Å²) in [7, 11) is 0. The molecule has 0 radical (unpaired) electrons. The summed E-state index contributed by atoms with van der Waals surface area (Å²) in [5.74, 6) is -0.750. The number of amides is 1. The zero-order valence-corrected chi connectivity index (χ0v) is 14.9. The summed E-state index contributed by atoms with van der Waals surface area (Å²) in [6.07, 6.45) is -0.828. The first-order chi connectivity index (χ1) is 13.5. The number of ether oxygens (including phenoxy) is 1. The van der Waals surface area contributed by atoms with Crippen LogP contribution in [-0.2, 0) is 11.2 Å². The van der Waals surface area contributed by atoms with Gasteiger partial charge in [-0.1, -0.05) is 6.07 Å². The molecule has 1 aliphatic carbocycles. The molecule has 0 saturated carbocycles. The predicted octanol–water partition coefficient (Wildman–Crippen LogP) is 0.202. The van der Waals surface area contributed by atoms with E-state index in [4.69, 9.17) is 9.37 Å². The van der Waals surface area contributed by atoms with E-state index in [-0.39, 0.29) is 54.4 Å². The number of aliphatic hydroxyl groups excluding tert-OH is 1. The highest BCUT2D eigenvalue weighted by Gasteiger charge is 2.36. The Hall–Kier alpha value is -3.05. The van der Waals surface area contributed by atoms with E-state index in [1.807, 2.05) is 5.48 Å². The molecule has 1 fully saturated rings. The van der Waals surface area contributed by atoms with Crippen LogP contribution < -0.4 is 10.2 Å². The van der Waals surface area contributed by atoms with E-state index < -0.39 is 6.10 Å². The van der Waals surface area contributed by atoms with Crippen LogP contribution in [0, 0.1) is 5.82 Å². The number of rotatable bonds is 5. The Labute approximate surface area is 158 Å². The summed E-state index contributed by atoms with van der Waals surface area (Å²) in [5.41, 5.74) is 3.74. The number of aliphatic imine (C=N–C) groups is 1. The number of halogens is 1. The number of aromatic nitrogens is 2. The third-order valence-corrected chi connectivity index (χ3v) is 4.75. The molecule has 1 amide bonds. The highest BCUT2D eigenvalue weighted by atomic mass is 19.1. The van der Waals surface area contributed by atoms with Gasteiger partial charge in [-0.3, -0.25) is 20.5 Å². The molecule has 2 aromatic rings. The number of hydroxylamine groups is 1. The lowest BCUT2D eigenvalue weighted by molar-refractivity contribution is -0.148. The number of nitrogens with one attached hydrogen (secondary N) is 1. The third kappa shape index (κ3) is 3.29. The molecule has 2 atom stereocenters. The number of likely N-dealkylation sites (tertiary alicyclic amines) is 1. The van der Waals surface area contributed by atoms with E-state index in [9.17, 15) is 19.5 Å². The Morgan fingerprint density at radius 1 is 1.46 bits per heavy atom. The Balaban J connectivity index is 1.45. The molecule has 0 spiro atoms. The van der Waals surface area contributed by atoms with Gasteiger partial charge in [0.15, 0.2) is 5.84 Å². The molecule has 0 bridgehead atoms. The van der Waals surface area contributed by atoms with Crippen LogP contribution >= 0.6 is 0 Å². The maximum Gasteiger partial charge on any atom is 0.287 e. The van der Waals surface area contributed by atoms with Crippen molar-refractivity contribution < 1.29 is 28.9 Å². The number of hydrogen-bond donors (Lipinski definition) is 3. The van der Waals surface area contributed by atoms with Crippen LogP contribution in [0.1, 0.15) is 29.8 Å². The van der Waals surface area contributed by atoms with E-state index in [2.05, 4.69) is 15.3 Å². The second-order valence-corrected chi connectivity index (χ2v) is 6.73. The van der Waals surface area contributed by atoms with Gasteiger partial charge >= 0.3 is 0 Å². The van der Waals surface area contributed by atoms with Gasteiger partial charge in [0, 0.05) is 0 Å². The SMILES string of the molecule is C[C@@H](O)C(=O)N1CC(Oc2nonc2C(=N[C@H]2Cc3ccc(F)cc32)NO)C1. The lowest BCUT2D eigenvalue weighted by Crippen LogP contribution is -2.58. The van der Waals surface area contributed by atoms with Gasteiger partial charge in [-0.2, -0.15) is 0 Å². The largest absolute Gasteiger partial charge is 0.467 e. The molecular formula is C17H18FN5O5. The molecule has 2 heterocycles. The van der Waals surface area contributed by atoms with Crippen molar-refractivity contribution in [3.05, 3.63) is 40.8 Å². The Kier molecular flexibility index (Phi) is 4.69. The van der Waals surface area contributed by atoms with Gasteiger partial charge in [0.25, 0.3) is 11.8 Å². The number of fused-ring (bicyclic) bond motifs is 1. The second kappa shape index (κ2) is 7.17. The van der Waals surface area contributed by atoms with Crippen molar-refractivity contribution in [3.8, 4) is 5.88 Å². The van der Waals surface area contributed by atoms with E-state index in [1.165, 1.54) is 24.0 Å². The average Bonchev–Trinajstić information content (AvgIpc) is 3.08. The molecule has 28 heavy (non-hydrogen) atoms. The maximum absolute atomic E-state index is 13.4. The monoisotopic (exact) mass is 391 g/mol. The molecule has 1 aliphatic heterocycles. The van der Waals surface area contributed by atoms with E-state index in [1.54, 1.807) is 6.07 Å². The third-order valence-electron chi connectivity index (χ3n) is 4.75. The number of aliphatic hydroxyl groups is 1. The maximum atomic E-state index is 13.4. The Bertz CT molecular complexity index is 924. The first-order valence-electron chi connectivity index (χ1n) is 8.69. The molecule has 1 aromatic heterocycles. The first-order valence-corrected chi connectivity index (χ1v) is 8.69. The molecule has 148 valence electrons. The minimum Gasteiger partial charge on any atom is -0.467 e. The van der Waals surface area contributed by atoms with Crippen molar-refractivity contribution in [3.63, 3.8) is 0 Å². The molecule has 2 aliphatic rings. The fourth-order valence-corrected chi connectivity index (χ4v) is 3.18. The topological polar surface area (TPSA) is 133 Å². The smallest absolute Gasteiger partial charge is 0.287 e. The molecule has 1 aromatic carbocycles. The van der Waals surface area contributed by atoms with Crippen LogP contribution in [0.15, 0.2) is 27.8 Å². The van der Waals surface area contributed by atoms with Gasteiger partial charge in [-0.05, 0) is 46.9 Å². The standard InChI is InChI=1S/C17H18FN5O5/c1-8(24)17(25)23-6-11(7-23)27-16-14(21-28-22-16)15(20-26)19-13-4-9-2-3-10(18)5-12(9)13/h2-3,5,8,11,13,24,26H,4,6-7H2,1H3,(H,19,20)/t8-,13+/m1/s1. The molecular weight excluding hydrogens is 373 g/mol. The van der Waals surface area contributed by atoms with Gasteiger partial charge in [-0.15, -0.1) is 0 Å². The summed E-state index contributed by atoms with van der Waals surface area (Å²) in [6.45, 7) is 1.96. The lowest BCUT2D eigenvalue weighted by atomic mass is 9.83. The average molecular weight is 391 g/mol. The summed E-state index contributed by atoms with van der Waals surface area (Å²) in [6, 6.07) is 4.16. The van der Waals surface area contributed by atoms with Gasteiger partial charge < -0.3 is 14.7 Å². The number of hydrogen-bond acceptors (Lipinski definition) is 8. The van der Waals surface area contributed by atoms with Crippen LogP contribution in [0.25, 0.3) is 0 Å². The van der Waals surface area contributed by atoms with Crippen LogP contribution in [0.2, 0.25) is 0 Å². The predicted molar refractivity (Wildman–Crippen MR) is 91.3 cm³/mol. The van der Waals surface area contributed by atoms with Crippen molar-refractivity contribution >= 4 is 11.7 Å². The Morgan fingerprint density at radius 3 is 2.96 bits per heavy atom. The number of carbonyl (C=O) groups is 1. The van der Waals surface area contributed by atoms with E-state index in [0.717, 1.165) is 11.1 Å². The first kappa shape index (κ1) is 18.3. The summed E-state index contributed by atoms with van der Waals surface area (Å²) < 4.78 is 23.8. The molecule has 4 rings (SSSR count). The fourth-order valence-electron chi connectivity index (χ4n) is 3.18. The van der Waals surface area contributed by atoms with Crippen molar-refractivity contribution in [1.82, 2.24) is 20.7 Å². The minimum atomic E-state index is -1.07. The summed E-state index contributed by atoms with van der Waals surface area (Å²) >= 11 is 0. The molecule has 1 saturated heterocycles. The lowest BCUT2D eigenvalue weighted by Gasteiger charge is -2.38. The van der Waals surface area contributed by atoms with Crippen molar-refractivity contribution in [1.29, 1.82) is 0 Å². The highest BCUT2D eigenvalue weighted by molar-refractivity contribution is 5.98. The molecule has 11 heteroatoms. The quantitative estimate of drug-likeness (QED) is 0.374. The zero-order chi connectivity index (χ0) is 19.8. The van der Waals surface area contributed by atoms with Crippen LogP contribution in [0.3, 0.4) is 0 Å². The van der Waals surface area contributed by atoms with Crippen LogP contribution in [-0.4, -0.2) is 62.6 Å². The fraction of sp³-hybridized carbons (Fsp3) is 0.412. The Morgan fingerprint density at radius 2 is 2.25 bits per heavy atom. The van der Waals surface area contributed by atoms with Gasteiger partial charge in [-0.25, -0.2) is 9.02 Å². The zero-order valence-electron chi connectivity index (χ0n) is 14.9. The summed E-state index contributed by atoms with van der Waals surface area (Å²) in [5, 5.41) is 26.2. The van der Waals surface area contributed by atoms with E-state index >= 15 is 0 Å². The normalized spacial score (nSPS) is 20.1. The molecule has 0 unspecified atom stereocenters. The van der Waals surface area contributed by atoms with Gasteiger partial charge in [0.2, 0.25) is 5.69 Å². The molecule has 10 nitrogen and oxygen atoms in total. The number of nitrogens with zero attached hydrogens (tertiary/aromatic N) is 4. The second-order valence-electron chi connectivity index (χ2n) is 6.73. The minimum absolute atomic E-state index is 0.00763. The summed E-state index contributed by atoms with van der Waals surface area (Å²) in [4.78, 5) is 17.5. The number of carbonyl (C=O) groups excluding carboxylic acids is 1. The van der Waals surface area contributed by atoms with Crippen LogP contribution in [0.4, 0.5) is 4.39 Å². The number of amidine groups is 1. The molecule has 3 N–H and O–H groups in total. The van der Waals surface area contributed by atoms with Gasteiger partial charge in [0.1, 0.15) is 18.0 Å². The van der Waals surface area contributed by atoms with Crippen molar-refractivity contribution in [2.45, 2.75) is 31.6 Å². The van der Waals surface area contributed by atoms with Crippen molar-refractivity contribution in [2.75, 3.05) is 13.1 Å². The van der Waals surface area contributed by atoms with Crippen LogP contribution in [0.5, 0.6) is 5.88 Å². The highest BCUT2D eigenvalue weighted by Crippen LogP contribution is 2.37. The van der Waals surface area contributed by atoms with Gasteiger partial charge in [0.05, 0.1) is 19.1 Å². The van der Waals surface area contributed by atoms with Crippen molar-refractivity contribution in [2.24, 2.45) is 4.99 Å². The number of benzene rings is 1. The van der Waals surface area contributed by atoms with E-state index in [0.29, 0.717) is 6.42 Å².